The normalized spacial score (nSPS) is 16.9. The van der Waals surface area contributed by atoms with E-state index < -0.39 is 0 Å². The van der Waals surface area contributed by atoms with E-state index in [1.165, 1.54) is 21.9 Å². The van der Waals surface area contributed by atoms with Gasteiger partial charge in [0.05, 0.1) is 11.2 Å². The van der Waals surface area contributed by atoms with E-state index in [-0.39, 0.29) is 18.3 Å². The third-order valence-electron chi connectivity index (χ3n) is 6.71. The first kappa shape index (κ1) is 20.8. The third-order valence-corrected chi connectivity index (χ3v) is 6.71. The molecule has 0 unspecified atom stereocenters. The minimum absolute atomic E-state index is 0.333. The maximum absolute atomic E-state index is 6.15. The van der Waals surface area contributed by atoms with Gasteiger partial charge in [0.25, 0.3) is 0 Å². The number of benzene rings is 4. The molecule has 0 aliphatic carbocycles. The van der Waals surface area contributed by atoms with Crippen molar-refractivity contribution in [2.45, 2.75) is 38.9 Å². The van der Waals surface area contributed by atoms with Crippen molar-refractivity contribution in [2.24, 2.45) is 0 Å². The number of rotatable bonds is 4. The second kappa shape index (κ2) is 7.81. The maximum Gasteiger partial charge on any atom is 0.494 e. The lowest BCUT2D eigenvalue weighted by atomic mass is 9.79. The molecule has 0 spiro atoms. The predicted octanol–water partition coefficient (Wildman–Crippen LogP) is 6.55. The molecule has 0 bridgehead atoms. The minimum Gasteiger partial charge on any atom is -0.399 e. The Bertz CT molecular complexity index is 1230. The lowest BCUT2D eigenvalue weighted by molar-refractivity contribution is 0.00578. The predicted molar refractivity (Wildman–Crippen MR) is 135 cm³/mol. The summed E-state index contributed by atoms with van der Waals surface area (Å²) in [5.74, 6) is 0. The van der Waals surface area contributed by atoms with Crippen molar-refractivity contribution in [3.05, 3.63) is 91.0 Å². The Kier molecular flexibility index (Phi) is 5.08. The molecule has 0 amide bonds. The molecule has 0 aromatic heterocycles. The lowest BCUT2D eigenvalue weighted by Gasteiger charge is -2.32. The molecule has 3 nitrogen and oxygen atoms in total. The van der Waals surface area contributed by atoms with Crippen LogP contribution in [0.25, 0.3) is 21.9 Å². The highest BCUT2D eigenvalue weighted by molar-refractivity contribution is 6.62. The average molecular weight is 421 g/mol. The van der Waals surface area contributed by atoms with Gasteiger partial charge in [0, 0.05) is 11.4 Å². The van der Waals surface area contributed by atoms with E-state index in [1.54, 1.807) is 0 Å². The van der Waals surface area contributed by atoms with E-state index in [4.69, 9.17) is 9.31 Å². The highest BCUT2D eigenvalue weighted by atomic mass is 16.7. The van der Waals surface area contributed by atoms with E-state index >= 15 is 0 Å². The zero-order chi connectivity index (χ0) is 22.3. The van der Waals surface area contributed by atoms with E-state index in [1.807, 2.05) is 0 Å². The molecule has 5 rings (SSSR count). The summed E-state index contributed by atoms with van der Waals surface area (Å²) in [7, 11) is -0.339. The van der Waals surface area contributed by atoms with E-state index in [9.17, 15) is 0 Å². The zero-order valence-corrected chi connectivity index (χ0v) is 19.1. The van der Waals surface area contributed by atoms with Crippen LogP contribution in [-0.4, -0.2) is 18.3 Å². The Balaban J connectivity index is 1.31. The molecule has 1 aliphatic heterocycles. The Morgan fingerprint density at radius 1 is 0.625 bits per heavy atom. The first-order chi connectivity index (χ1) is 15.3. The molecular weight excluding hydrogens is 393 g/mol. The number of hydrogen-bond acceptors (Lipinski definition) is 3. The highest BCUT2D eigenvalue weighted by Gasteiger charge is 2.51. The van der Waals surface area contributed by atoms with Crippen LogP contribution in [-0.2, 0) is 9.31 Å². The van der Waals surface area contributed by atoms with E-state index in [0.29, 0.717) is 0 Å². The fourth-order valence-corrected chi connectivity index (χ4v) is 4.08. The molecule has 0 atom stereocenters. The van der Waals surface area contributed by atoms with Crippen LogP contribution >= 0.6 is 0 Å². The van der Waals surface area contributed by atoms with Gasteiger partial charge in [-0.1, -0.05) is 66.7 Å². The summed E-state index contributed by atoms with van der Waals surface area (Å²) >= 11 is 0. The van der Waals surface area contributed by atoms with Crippen LogP contribution < -0.4 is 10.8 Å². The molecule has 1 N–H and O–H groups in total. The molecule has 160 valence electrons. The Morgan fingerprint density at radius 2 is 1.19 bits per heavy atom. The van der Waals surface area contributed by atoms with Gasteiger partial charge in [-0.2, -0.15) is 0 Å². The summed E-state index contributed by atoms with van der Waals surface area (Å²) in [4.78, 5) is 0. The number of anilines is 2. The quantitative estimate of drug-likeness (QED) is 0.379. The van der Waals surface area contributed by atoms with Gasteiger partial charge in [-0.3, -0.25) is 0 Å². The third kappa shape index (κ3) is 3.81. The average Bonchev–Trinajstić information content (AvgIpc) is 3.01. The van der Waals surface area contributed by atoms with Crippen molar-refractivity contribution in [1.82, 2.24) is 0 Å². The van der Waals surface area contributed by atoms with Crippen LogP contribution in [0.1, 0.15) is 27.7 Å². The fourth-order valence-electron chi connectivity index (χ4n) is 4.08. The van der Waals surface area contributed by atoms with Gasteiger partial charge in [-0.05, 0) is 79.3 Å². The smallest absolute Gasteiger partial charge is 0.399 e. The highest BCUT2D eigenvalue weighted by Crippen LogP contribution is 2.36. The van der Waals surface area contributed by atoms with Crippen molar-refractivity contribution >= 4 is 34.7 Å². The van der Waals surface area contributed by atoms with Crippen LogP contribution in [0.2, 0.25) is 0 Å². The summed E-state index contributed by atoms with van der Waals surface area (Å²) < 4.78 is 12.3. The van der Waals surface area contributed by atoms with Gasteiger partial charge in [-0.25, -0.2) is 0 Å². The SMILES string of the molecule is CC1(C)OB(c2ccc(Nc3ccc(-c4cccc5ccccc45)cc3)cc2)OC1(C)C. The second-order valence-electron chi connectivity index (χ2n) is 9.44. The molecule has 0 radical (unpaired) electrons. The molecule has 1 saturated heterocycles. The topological polar surface area (TPSA) is 30.5 Å². The molecule has 0 saturated carbocycles. The zero-order valence-electron chi connectivity index (χ0n) is 19.1. The number of fused-ring (bicyclic) bond motifs is 1. The molecule has 4 aromatic carbocycles. The monoisotopic (exact) mass is 421 g/mol. The van der Waals surface area contributed by atoms with Crippen molar-refractivity contribution in [3.8, 4) is 11.1 Å². The van der Waals surface area contributed by atoms with Crippen molar-refractivity contribution in [3.63, 3.8) is 0 Å². The molecule has 4 heteroatoms. The van der Waals surface area contributed by atoms with Gasteiger partial charge in [-0.15, -0.1) is 0 Å². The van der Waals surface area contributed by atoms with Gasteiger partial charge in [0.15, 0.2) is 0 Å². The number of nitrogens with one attached hydrogen (secondary N) is 1. The first-order valence-corrected chi connectivity index (χ1v) is 11.1. The maximum atomic E-state index is 6.15. The molecule has 1 fully saturated rings. The summed E-state index contributed by atoms with van der Waals surface area (Å²) in [6, 6.07) is 31.8. The Hall–Kier alpha value is -3.08. The Morgan fingerprint density at radius 3 is 1.84 bits per heavy atom. The fraction of sp³-hybridized carbons (Fsp3) is 0.214. The van der Waals surface area contributed by atoms with Crippen molar-refractivity contribution in [2.75, 3.05) is 5.32 Å². The Labute approximate surface area is 190 Å². The van der Waals surface area contributed by atoms with Gasteiger partial charge >= 0.3 is 7.12 Å². The van der Waals surface area contributed by atoms with Crippen LogP contribution in [0.3, 0.4) is 0 Å². The van der Waals surface area contributed by atoms with Gasteiger partial charge in [0.1, 0.15) is 0 Å². The van der Waals surface area contributed by atoms with Crippen LogP contribution in [0.15, 0.2) is 91.0 Å². The molecule has 4 aromatic rings. The second-order valence-corrected chi connectivity index (χ2v) is 9.44. The van der Waals surface area contributed by atoms with Crippen LogP contribution in [0, 0.1) is 0 Å². The first-order valence-electron chi connectivity index (χ1n) is 11.1. The van der Waals surface area contributed by atoms with Crippen LogP contribution in [0.4, 0.5) is 11.4 Å². The van der Waals surface area contributed by atoms with Crippen molar-refractivity contribution in [1.29, 1.82) is 0 Å². The van der Waals surface area contributed by atoms with E-state index in [0.717, 1.165) is 16.8 Å². The summed E-state index contributed by atoms with van der Waals surface area (Å²) in [5, 5.41) is 6.02. The molecular formula is C28H28BNO2. The summed E-state index contributed by atoms with van der Waals surface area (Å²) in [6.07, 6.45) is 0. The van der Waals surface area contributed by atoms with Crippen molar-refractivity contribution < 1.29 is 9.31 Å². The van der Waals surface area contributed by atoms with Gasteiger partial charge in [0.2, 0.25) is 0 Å². The molecule has 1 aliphatic rings. The molecule has 32 heavy (non-hydrogen) atoms. The largest absolute Gasteiger partial charge is 0.494 e. The van der Waals surface area contributed by atoms with E-state index in [2.05, 4.69) is 124 Å². The number of hydrogen-bond donors (Lipinski definition) is 1. The van der Waals surface area contributed by atoms with Gasteiger partial charge < -0.3 is 14.6 Å². The van der Waals surface area contributed by atoms with Crippen LogP contribution in [0.5, 0.6) is 0 Å². The summed E-state index contributed by atoms with van der Waals surface area (Å²) in [6.45, 7) is 8.30. The standard InChI is InChI=1S/C28H28BNO2/c1-27(2)28(3,4)32-29(31-27)22-14-18-24(19-15-22)30-23-16-12-21(13-17-23)26-11-7-9-20-8-5-6-10-25(20)26/h5-19,30H,1-4H3. The lowest BCUT2D eigenvalue weighted by Crippen LogP contribution is -2.41. The minimum atomic E-state index is -0.339. The molecule has 1 heterocycles. The summed E-state index contributed by atoms with van der Waals surface area (Å²) in [5.41, 5.74) is 4.91.